The second-order valence-corrected chi connectivity index (χ2v) is 9.98. The van der Waals surface area contributed by atoms with Gasteiger partial charge in [-0.15, -0.1) is 0 Å². The fraction of sp³-hybridized carbons (Fsp3) is 0.704. The molecule has 1 aliphatic carbocycles. The molecule has 2 unspecified atom stereocenters. The first-order valence-electron chi connectivity index (χ1n) is 13.2. The largest absolute Gasteiger partial charge is 0.377 e. The smallest absolute Gasteiger partial charge is 0.294 e. The van der Waals surface area contributed by atoms with Crippen LogP contribution in [0.25, 0.3) is 11.0 Å². The standard InChI is InChI=1S/C27H42N4O2/c1-4-33-21(3)20(2)28-26-27(32)31(25-15-11-10-14-24(25)29-26)23-16-18-30(19-17-23)22-12-8-6-5-7-9-13-22/h10-11,14-15,20-23H,4-9,12-13,16-19H2,1-3H3,(H,28,29). The van der Waals surface area contributed by atoms with Crippen molar-refractivity contribution < 1.29 is 4.74 Å². The Morgan fingerprint density at radius 1 is 1.00 bits per heavy atom. The zero-order valence-corrected chi connectivity index (χ0v) is 20.8. The van der Waals surface area contributed by atoms with Crippen molar-refractivity contribution in [2.45, 2.75) is 103 Å². The summed E-state index contributed by atoms with van der Waals surface area (Å²) in [5, 5.41) is 3.36. The summed E-state index contributed by atoms with van der Waals surface area (Å²) in [6.45, 7) is 8.90. The van der Waals surface area contributed by atoms with E-state index in [0.717, 1.165) is 43.0 Å². The predicted octanol–water partition coefficient (Wildman–Crippen LogP) is 5.37. The summed E-state index contributed by atoms with van der Waals surface area (Å²) in [4.78, 5) is 21.1. The first-order valence-corrected chi connectivity index (χ1v) is 13.2. The molecule has 1 aromatic heterocycles. The SMILES string of the molecule is CCOC(C)C(C)Nc1nc2ccccc2n(C2CCN(C3CCCCCCC3)CC2)c1=O. The Bertz CT molecular complexity index is 943. The van der Waals surface area contributed by atoms with Crippen LogP contribution in [0.1, 0.15) is 84.6 Å². The van der Waals surface area contributed by atoms with Crippen molar-refractivity contribution in [1.82, 2.24) is 14.5 Å². The third-order valence-corrected chi connectivity index (χ3v) is 7.75. The highest BCUT2D eigenvalue weighted by Gasteiger charge is 2.28. The van der Waals surface area contributed by atoms with Crippen LogP contribution in [0, 0.1) is 0 Å². The molecular formula is C27H42N4O2. The molecule has 1 saturated heterocycles. The van der Waals surface area contributed by atoms with E-state index < -0.39 is 0 Å². The maximum atomic E-state index is 13.6. The Morgan fingerprint density at radius 2 is 1.67 bits per heavy atom. The number of para-hydroxylation sites is 2. The minimum absolute atomic E-state index is 0.000859. The summed E-state index contributed by atoms with van der Waals surface area (Å²) in [6, 6.07) is 9.01. The molecule has 4 rings (SSSR count). The van der Waals surface area contributed by atoms with Crippen molar-refractivity contribution in [3.05, 3.63) is 34.6 Å². The molecule has 0 radical (unpaired) electrons. The van der Waals surface area contributed by atoms with Gasteiger partial charge in [0.1, 0.15) is 0 Å². The number of hydrogen-bond donors (Lipinski definition) is 1. The number of piperidine rings is 1. The molecule has 182 valence electrons. The van der Waals surface area contributed by atoms with Gasteiger partial charge in [-0.1, -0.05) is 44.2 Å². The lowest BCUT2D eigenvalue weighted by Crippen LogP contribution is -2.44. The van der Waals surface area contributed by atoms with E-state index >= 15 is 0 Å². The number of hydrogen-bond acceptors (Lipinski definition) is 5. The van der Waals surface area contributed by atoms with Crippen LogP contribution in [0.2, 0.25) is 0 Å². The van der Waals surface area contributed by atoms with Crippen LogP contribution in [-0.2, 0) is 4.74 Å². The number of nitrogens with zero attached hydrogens (tertiary/aromatic N) is 3. The highest BCUT2D eigenvalue weighted by molar-refractivity contribution is 5.76. The zero-order valence-electron chi connectivity index (χ0n) is 20.8. The van der Waals surface area contributed by atoms with Gasteiger partial charge in [0.15, 0.2) is 5.82 Å². The molecule has 2 heterocycles. The van der Waals surface area contributed by atoms with E-state index in [0.29, 0.717) is 12.4 Å². The van der Waals surface area contributed by atoms with Crippen LogP contribution in [0.3, 0.4) is 0 Å². The molecule has 0 bridgehead atoms. The molecule has 33 heavy (non-hydrogen) atoms. The molecule has 2 aliphatic rings. The summed E-state index contributed by atoms with van der Waals surface area (Å²) in [5.74, 6) is 0.440. The third kappa shape index (κ3) is 5.78. The monoisotopic (exact) mass is 454 g/mol. The second kappa shape index (κ2) is 11.5. The summed E-state index contributed by atoms with van der Waals surface area (Å²) < 4.78 is 7.76. The lowest BCUT2D eigenvalue weighted by Gasteiger charge is -2.39. The van der Waals surface area contributed by atoms with Gasteiger partial charge in [0, 0.05) is 31.8 Å². The van der Waals surface area contributed by atoms with Crippen molar-refractivity contribution in [2.75, 3.05) is 25.0 Å². The van der Waals surface area contributed by atoms with Crippen molar-refractivity contribution in [3.63, 3.8) is 0 Å². The number of fused-ring (bicyclic) bond motifs is 1. The van der Waals surface area contributed by atoms with Crippen molar-refractivity contribution in [2.24, 2.45) is 0 Å². The predicted molar refractivity (Wildman–Crippen MR) is 136 cm³/mol. The van der Waals surface area contributed by atoms with Gasteiger partial charge in [0.05, 0.1) is 23.2 Å². The van der Waals surface area contributed by atoms with Gasteiger partial charge in [0.2, 0.25) is 0 Å². The number of anilines is 1. The van der Waals surface area contributed by atoms with E-state index in [1.165, 1.54) is 44.9 Å². The Kier molecular flexibility index (Phi) is 8.42. The molecule has 0 spiro atoms. The van der Waals surface area contributed by atoms with Crippen molar-refractivity contribution in [3.8, 4) is 0 Å². The number of nitrogens with one attached hydrogen (secondary N) is 1. The first kappa shape index (κ1) is 24.2. The first-order chi connectivity index (χ1) is 16.1. The summed E-state index contributed by atoms with van der Waals surface area (Å²) in [6.07, 6.45) is 11.7. The average molecular weight is 455 g/mol. The van der Waals surface area contributed by atoms with E-state index in [4.69, 9.17) is 9.72 Å². The van der Waals surface area contributed by atoms with Gasteiger partial charge >= 0.3 is 0 Å². The fourth-order valence-corrected chi connectivity index (χ4v) is 5.66. The van der Waals surface area contributed by atoms with Crippen molar-refractivity contribution in [1.29, 1.82) is 0 Å². The third-order valence-electron chi connectivity index (χ3n) is 7.75. The number of ether oxygens (including phenoxy) is 1. The van der Waals surface area contributed by atoms with Crippen LogP contribution in [0.4, 0.5) is 5.82 Å². The van der Waals surface area contributed by atoms with E-state index in [1.807, 2.05) is 42.7 Å². The summed E-state index contributed by atoms with van der Waals surface area (Å²) in [5.41, 5.74) is 1.81. The van der Waals surface area contributed by atoms with Gasteiger partial charge < -0.3 is 19.5 Å². The van der Waals surface area contributed by atoms with E-state index in [1.54, 1.807) is 0 Å². The van der Waals surface area contributed by atoms with Gasteiger partial charge in [-0.3, -0.25) is 4.79 Å². The zero-order chi connectivity index (χ0) is 23.2. The second-order valence-electron chi connectivity index (χ2n) is 9.98. The van der Waals surface area contributed by atoms with Crippen LogP contribution in [0.15, 0.2) is 29.1 Å². The highest BCUT2D eigenvalue weighted by atomic mass is 16.5. The van der Waals surface area contributed by atoms with Gasteiger partial charge in [-0.2, -0.15) is 0 Å². The Morgan fingerprint density at radius 3 is 2.36 bits per heavy atom. The topological polar surface area (TPSA) is 59.4 Å². The maximum Gasteiger partial charge on any atom is 0.294 e. The molecule has 6 nitrogen and oxygen atoms in total. The molecule has 6 heteroatoms. The van der Waals surface area contributed by atoms with Gasteiger partial charge in [-0.25, -0.2) is 4.98 Å². The lowest BCUT2D eigenvalue weighted by molar-refractivity contribution is 0.0662. The van der Waals surface area contributed by atoms with Gasteiger partial charge in [-0.05, 0) is 58.6 Å². The Hall–Kier alpha value is -1.92. The van der Waals surface area contributed by atoms with E-state index in [9.17, 15) is 4.79 Å². The van der Waals surface area contributed by atoms with Crippen LogP contribution in [0.5, 0.6) is 0 Å². The number of aromatic nitrogens is 2. The molecule has 2 atom stereocenters. The number of benzene rings is 1. The van der Waals surface area contributed by atoms with Crippen LogP contribution in [-0.4, -0.2) is 52.3 Å². The quantitative estimate of drug-likeness (QED) is 0.609. The van der Waals surface area contributed by atoms with Crippen LogP contribution >= 0.6 is 0 Å². The van der Waals surface area contributed by atoms with E-state index in [2.05, 4.69) is 17.1 Å². The molecule has 2 fully saturated rings. The lowest BCUT2D eigenvalue weighted by atomic mass is 9.93. The normalized spacial score (nSPS) is 21.4. The molecule has 0 amide bonds. The number of likely N-dealkylation sites (tertiary alicyclic amines) is 1. The Labute approximate surface area is 198 Å². The molecule has 2 aromatic rings. The van der Waals surface area contributed by atoms with Gasteiger partial charge in [0.25, 0.3) is 5.56 Å². The van der Waals surface area contributed by atoms with Crippen LogP contribution < -0.4 is 10.9 Å². The summed E-state index contributed by atoms with van der Waals surface area (Å²) >= 11 is 0. The van der Waals surface area contributed by atoms with Crippen molar-refractivity contribution >= 4 is 16.9 Å². The molecule has 1 saturated carbocycles. The average Bonchev–Trinajstić information content (AvgIpc) is 2.80. The van der Waals surface area contributed by atoms with E-state index in [-0.39, 0.29) is 23.7 Å². The number of rotatable bonds is 7. The maximum absolute atomic E-state index is 13.6. The molecule has 1 aliphatic heterocycles. The summed E-state index contributed by atoms with van der Waals surface area (Å²) in [7, 11) is 0. The molecule has 1 N–H and O–H groups in total. The molecular weight excluding hydrogens is 412 g/mol. The fourth-order valence-electron chi connectivity index (χ4n) is 5.66. The highest BCUT2D eigenvalue weighted by Crippen LogP contribution is 2.29. The minimum Gasteiger partial charge on any atom is -0.377 e. The molecule has 1 aromatic carbocycles. The Balaban J connectivity index is 1.54. The minimum atomic E-state index is -0.00588.